The molecule has 5 heteroatoms. The van der Waals surface area contributed by atoms with E-state index in [-0.39, 0.29) is 11.9 Å². The summed E-state index contributed by atoms with van der Waals surface area (Å²) in [5.41, 5.74) is 7.12. The van der Waals surface area contributed by atoms with Gasteiger partial charge in [-0.15, -0.1) is 11.3 Å². The number of hydrogen-bond acceptors (Lipinski definition) is 4. The molecule has 0 radical (unpaired) electrons. The number of nitrogens with zero attached hydrogens (tertiary/aromatic N) is 1. The van der Waals surface area contributed by atoms with Crippen molar-refractivity contribution in [3.8, 4) is 0 Å². The van der Waals surface area contributed by atoms with Crippen molar-refractivity contribution in [2.24, 2.45) is 5.92 Å². The molecule has 2 rings (SSSR count). The number of amides is 1. The van der Waals surface area contributed by atoms with Crippen molar-refractivity contribution in [2.45, 2.75) is 32.7 Å². The number of aromatic nitrogens is 1. The molecule has 1 amide bonds. The first-order chi connectivity index (χ1) is 10.2. The van der Waals surface area contributed by atoms with Gasteiger partial charge in [-0.05, 0) is 11.5 Å². The molecule has 0 aliphatic heterocycles. The van der Waals surface area contributed by atoms with Gasteiger partial charge in [0.15, 0.2) is 5.13 Å². The number of rotatable bonds is 6. The van der Waals surface area contributed by atoms with Crippen LogP contribution in [-0.2, 0) is 0 Å². The molecule has 0 fully saturated rings. The third-order valence-corrected chi connectivity index (χ3v) is 4.39. The lowest BCUT2D eigenvalue weighted by Gasteiger charge is -2.26. The van der Waals surface area contributed by atoms with Crippen LogP contribution in [0.1, 0.15) is 48.8 Å². The van der Waals surface area contributed by atoms with Crippen LogP contribution in [0.2, 0.25) is 0 Å². The summed E-state index contributed by atoms with van der Waals surface area (Å²) in [5.74, 6) is 0.232. The van der Waals surface area contributed by atoms with Crippen molar-refractivity contribution >= 4 is 22.4 Å². The summed E-state index contributed by atoms with van der Waals surface area (Å²) < 4.78 is 0. The van der Waals surface area contributed by atoms with Crippen molar-refractivity contribution in [2.75, 3.05) is 5.73 Å². The van der Waals surface area contributed by atoms with Crippen molar-refractivity contribution in [3.05, 3.63) is 47.0 Å². The molecule has 1 aromatic heterocycles. The maximum atomic E-state index is 12.4. The van der Waals surface area contributed by atoms with E-state index >= 15 is 0 Å². The highest BCUT2D eigenvalue weighted by Crippen LogP contribution is 2.27. The van der Waals surface area contributed by atoms with Gasteiger partial charge in [0, 0.05) is 5.38 Å². The Hall–Kier alpha value is -1.88. The van der Waals surface area contributed by atoms with Gasteiger partial charge in [0.05, 0.1) is 6.04 Å². The molecule has 1 unspecified atom stereocenters. The molecule has 1 atom stereocenters. The van der Waals surface area contributed by atoms with Crippen molar-refractivity contribution in [1.82, 2.24) is 10.3 Å². The minimum Gasteiger partial charge on any atom is -0.375 e. The van der Waals surface area contributed by atoms with Crippen LogP contribution in [0.25, 0.3) is 0 Å². The van der Waals surface area contributed by atoms with E-state index in [1.54, 1.807) is 5.38 Å². The molecule has 0 saturated heterocycles. The fourth-order valence-corrected chi connectivity index (χ4v) is 3.04. The zero-order valence-corrected chi connectivity index (χ0v) is 13.2. The first-order valence-electron chi connectivity index (χ1n) is 7.22. The Labute approximate surface area is 129 Å². The van der Waals surface area contributed by atoms with Crippen LogP contribution in [0.15, 0.2) is 35.7 Å². The molecule has 2 aromatic rings. The van der Waals surface area contributed by atoms with Crippen LogP contribution in [0.3, 0.4) is 0 Å². The van der Waals surface area contributed by atoms with Gasteiger partial charge in [0.25, 0.3) is 5.91 Å². The molecule has 3 N–H and O–H groups in total. The monoisotopic (exact) mass is 303 g/mol. The largest absolute Gasteiger partial charge is 0.375 e. The molecule has 0 saturated carbocycles. The summed E-state index contributed by atoms with van der Waals surface area (Å²) in [6, 6.07) is 10.1. The lowest BCUT2D eigenvalue weighted by Crippen LogP contribution is -2.33. The van der Waals surface area contributed by atoms with Crippen LogP contribution in [0, 0.1) is 5.92 Å². The molecule has 112 valence electrons. The van der Waals surface area contributed by atoms with Gasteiger partial charge in [-0.1, -0.05) is 57.0 Å². The Balaban J connectivity index is 2.22. The smallest absolute Gasteiger partial charge is 0.271 e. The van der Waals surface area contributed by atoms with Crippen LogP contribution in [-0.4, -0.2) is 10.9 Å². The van der Waals surface area contributed by atoms with E-state index < -0.39 is 0 Å². The number of nitrogens with two attached hydrogens (primary N) is 1. The minimum absolute atomic E-state index is 0.00313. The first kappa shape index (κ1) is 15.5. The number of nitrogens with one attached hydrogen (secondary N) is 1. The van der Waals surface area contributed by atoms with Crippen LogP contribution >= 0.6 is 11.3 Å². The van der Waals surface area contributed by atoms with Gasteiger partial charge >= 0.3 is 0 Å². The topological polar surface area (TPSA) is 68.0 Å². The van der Waals surface area contributed by atoms with E-state index in [0.29, 0.717) is 16.7 Å². The molecule has 0 aliphatic rings. The quantitative estimate of drug-likeness (QED) is 0.856. The lowest BCUT2D eigenvalue weighted by molar-refractivity contribution is 0.0915. The normalized spacial score (nSPS) is 12.3. The summed E-state index contributed by atoms with van der Waals surface area (Å²) in [5, 5.41) is 5.22. The maximum Gasteiger partial charge on any atom is 0.271 e. The molecule has 4 nitrogen and oxygen atoms in total. The van der Waals surface area contributed by atoms with Gasteiger partial charge in [-0.3, -0.25) is 4.79 Å². The Morgan fingerprint density at radius 1 is 1.29 bits per heavy atom. The number of benzene rings is 1. The number of nitrogen functional groups attached to an aromatic ring is 1. The van der Waals surface area contributed by atoms with Crippen molar-refractivity contribution < 1.29 is 4.79 Å². The van der Waals surface area contributed by atoms with E-state index in [1.165, 1.54) is 11.3 Å². The second-order valence-electron chi connectivity index (χ2n) is 5.01. The van der Waals surface area contributed by atoms with Gasteiger partial charge in [0.1, 0.15) is 5.69 Å². The van der Waals surface area contributed by atoms with Crippen molar-refractivity contribution in [3.63, 3.8) is 0 Å². The van der Waals surface area contributed by atoms with Gasteiger partial charge in [-0.25, -0.2) is 4.98 Å². The SMILES string of the molecule is CCC(CC)C(NC(=O)c1csc(N)n1)c1ccccc1. The second kappa shape index (κ2) is 7.22. The molecule has 1 heterocycles. The minimum atomic E-state index is -0.163. The summed E-state index contributed by atoms with van der Waals surface area (Å²) >= 11 is 1.28. The number of carbonyl (C=O) groups is 1. The van der Waals surface area contributed by atoms with Crippen molar-refractivity contribution in [1.29, 1.82) is 0 Å². The molecular formula is C16H21N3OS. The number of hydrogen-bond donors (Lipinski definition) is 2. The third-order valence-electron chi connectivity index (χ3n) is 3.72. The molecule has 1 aromatic carbocycles. The predicted octanol–water partition coefficient (Wildman–Crippen LogP) is 3.63. The Morgan fingerprint density at radius 2 is 1.95 bits per heavy atom. The molecule has 21 heavy (non-hydrogen) atoms. The van der Waals surface area contributed by atoms with Crippen LogP contribution < -0.4 is 11.1 Å². The number of thiazole rings is 1. The van der Waals surface area contributed by atoms with Gasteiger partial charge in [0.2, 0.25) is 0 Å². The van der Waals surface area contributed by atoms with Crippen LogP contribution in [0.5, 0.6) is 0 Å². The van der Waals surface area contributed by atoms with Crippen LogP contribution in [0.4, 0.5) is 5.13 Å². The average Bonchev–Trinajstić information content (AvgIpc) is 2.95. The second-order valence-corrected chi connectivity index (χ2v) is 5.90. The van der Waals surface area contributed by atoms with E-state index in [9.17, 15) is 4.79 Å². The van der Waals surface area contributed by atoms with E-state index in [1.807, 2.05) is 18.2 Å². The first-order valence-corrected chi connectivity index (χ1v) is 8.10. The number of carbonyl (C=O) groups excluding carboxylic acids is 1. The molecule has 0 bridgehead atoms. The fourth-order valence-electron chi connectivity index (χ4n) is 2.50. The zero-order valence-electron chi connectivity index (χ0n) is 12.4. The summed E-state index contributed by atoms with van der Waals surface area (Å²) in [7, 11) is 0. The van der Waals surface area contributed by atoms with E-state index in [2.05, 4.69) is 36.3 Å². The fraction of sp³-hybridized carbons (Fsp3) is 0.375. The lowest BCUT2D eigenvalue weighted by atomic mass is 9.88. The molecule has 0 spiro atoms. The Bertz CT molecular complexity index is 578. The summed E-state index contributed by atoms with van der Waals surface area (Å²) in [4.78, 5) is 16.4. The van der Waals surface area contributed by atoms with Gasteiger partial charge in [-0.2, -0.15) is 0 Å². The van der Waals surface area contributed by atoms with E-state index in [4.69, 9.17) is 5.73 Å². The Morgan fingerprint density at radius 3 is 2.48 bits per heavy atom. The highest BCUT2D eigenvalue weighted by atomic mass is 32.1. The zero-order chi connectivity index (χ0) is 15.2. The molecule has 0 aliphatic carbocycles. The third kappa shape index (κ3) is 3.82. The standard InChI is InChI=1S/C16H21N3OS/c1-3-11(4-2)14(12-8-6-5-7-9-12)19-15(20)13-10-21-16(17)18-13/h5-11,14H,3-4H2,1-2H3,(H2,17,18)(H,19,20). The maximum absolute atomic E-state index is 12.4. The highest BCUT2D eigenvalue weighted by molar-refractivity contribution is 7.13. The summed E-state index contributed by atoms with van der Waals surface area (Å²) in [6.07, 6.45) is 2.02. The Kier molecular flexibility index (Phi) is 5.33. The average molecular weight is 303 g/mol. The number of anilines is 1. The van der Waals surface area contributed by atoms with Gasteiger partial charge < -0.3 is 11.1 Å². The summed E-state index contributed by atoms with van der Waals surface area (Å²) in [6.45, 7) is 4.30. The predicted molar refractivity (Wildman–Crippen MR) is 87.2 cm³/mol. The van der Waals surface area contributed by atoms with E-state index in [0.717, 1.165) is 18.4 Å². The molecular weight excluding hydrogens is 282 g/mol. The highest BCUT2D eigenvalue weighted by Gasteiger charge is 2.23.